The predicted molar refractivity (Wildman–Crippen MR) is 81.5 cm³/mol. The number of benzene rings is 1. The van der Waals surface area contributed by atoms with Crippen molar-refractivity contribution in [2.24, 2.45) is 0 Å². The molecular weight excluding hydrogens is 302 g/mol. The second kappa shape index (κ2) is 7.99. The molecule has 0 aliphatic rings. The van der Waals surface area contributed by atoms with Gasteiger partial charge >= 0.3 is 0 Å². The molecule has 0 aliphatic carbocycles. The lowest BCUT2D eigenvalue weighted by Crippen LogP contribution is -2.25. The highest BCUT2D eigenvalue weighted by Gasteiger charge is 2.19. The number of carbonyl (C=O) groups excluding carboxylic acids is 1. The molecule has 0 saturated heterocycles. The number of nitro benzene ring substituents is 1. The molecule has 0 radical (unpaired) electrons. The average Bonchev–Trinajstić information content (AvgIpc) is 3.08. The summed E-state index contributed by atoms with van der Waals surface area (Å²) in [6.07, 6.45) is 3.32. The number of hydrogen-bond acceptors (Lipinski definition) is 6. The summed E-state index contributed by atoms with van der Waals surface area (Å²) in [6.45, 7) is 3.53. The van der Waals surface area contributed by atoms with Crippen LogP contribution in [0.2, 0.25) is 0 Å². The average molecular weight is 319 g/mol. The molecule has 0 bridgehead atoms. The fourth-order valence-electron chi connectivity index (χ4n) is 1.96. The number of ether oxygens (including phenoxy) is 1. The number of hydrogen-bond donors (Lipinski definition) is 1. The molecule has 1 aromatic heterocycles. The lowest BCUT2D eigenvalue weighted by Gasteiger charge is -2.07. The van der Waals surface area contributed by atoms with Gasteiger partial charge in [0.25, 0.3) is 11.6 Å². The number of aromatic nitrogens is 3. The lowest BCUT2D eigenvalue weighted by molar-refractivity contribution is -0.384. The quantitative estimate of drug-likeness (QED) is 0.446. The summed E-state index contributed by atoms with van der Waals surface area (Å²) in [4.78, 5) is 26.5. The highest BCUT2D eigenvalue weighted by Crippen LogP contribution is 2.23. The number of nitro groups is 1. The van der Waals surface area contributed by atoms with Crippen molar-refractivity contribution in [3.8, 4) is 5.69 Å². The van der Waals surface area contributed by atoms with Gasteiger partial charge < -0.3 is 10.1 Å². The van der Waals surface area contributed by atoms with Crippen molar-refractivity contribution < 1.29 is 14.5 Å². The van der Waals surface area contributed by atoms with Gasteiger partial charge in [0.2, 0.25) is 0 Å². The van der Waals surface area contributed by atoms with Crippen molar-refractivity contribution in [1.29, 1.82) is 0 Å². The number of carbonyl (C=O) groups is 1. The Morgan fingerprint density at radius 2 is 2.30 bits per heavy atom. The van der Waals surface area contributed by atoms with Gasteiger partial charge in [0.05, 0.1) is 4.92 Å². The zero-order chi connectivity index (χ0) is 16.7. The molecule has 9 nitrogen and oxygen atoms in total. The largest absolute Gasteiger partial charge is 0.382 e. The lowest BCUT2D eigenvalue weighted by atomic mass is 10.1. The molecule has 1 heterocycles. The highest BCUT2D eigenvalue weighted by molar-refractivity contribution is 5.95. The molecule has 1 amide bonds. The monoisotopic (exact) mass is 319 g/mol. The summed E-state index contributed by atoms with van der Waals surface area (Å²) >= 11 is 0. The van der Waals surface area contributed by atoms with Gasteiger partial charge in [-0.3, -0.25) is 14.9 Å². The summed E-state index contributed by atoms with van der Waals surface area (Å²) in [7, 11) is 0. The van der Waals surface area contributed by atoms with Crippen LogP contribution >= 0.6 is 0 Å². The Morgan fingerprint density at radius 3 is 2.96 bits per heavy atom. The molecule has 0 atom stereocenters. The number of amides is 1. The van der Waals surface area contributed by atoms with E-state index in [1.807, 2.05) is 6.92 Å². The molecule has 9 heteroatoms. The summed E-state index contributed by atoms with van der Waals surface area (Å²) in [5.74, 6) is -0.366. The van der Waals surface area contributed by atoms with E-state index in [9.17, 15) is 14.9 Å². The van der Waals surface area contributed by atoms with Gasteiger partial charge in [-0.15, -0.1) is 0 Å². The third kappa shape index (κ3) is 4.33. The van der Waals surface area contributed by atoms with E-state index < -0.39 is 4.92 Å². The molecule has 1 N–H and O–H groups in total. The van der Waals surface area contributed by atoms with Crippen LogP contribution in [0.25, 0.3) is 5.69 Å². The Bertz CT molecular complexity index is 672. The molecular formula is C14H17N5O4. The molecule has 0 aliphatic heterocycles. The summed E-state index contributed by atoms with van der Waals surface area (Å²) in [5.41, 5.74) is 0.259. The maximum absolute atomic E-state index is 12.0. The molecule has 0 unspecified atom stereocenters. The third-order valence-corrected chi connectivity index (χ3v) is 3.06. The molecule has 2 aromatic rings. The summed E-state index contributed by atoms with van der Waals surface area (Å²) in [5, 5.41) is 17.8. The maximum atomic E-state index is 12.0. The van der Waals surface area contributed by atoms with Gasteiger partial charge in [-0.25, -0.2) is 9.67 Å². The minimum Gasteiger partial charge on any atom is -0.382 e. The molecule has 1 aromatic carbocycles. The van der Waals surface area contributed by atoms with Crippen molar-refractivity contribution in [3.05, 3.63) is 46.5 Å². The van der Waals surface area contributed by atoms with E-state index in [0.29, 0.717) is 26.2 Å². The standard InChI is InChI=1S/C14H17N5O4/c1-2-23-7-3-6-16-14(20)11-4-5-12(13(8-11)19(21)22)18-10-15-9-17-18/h4-5,8-10H,2-3,6-7H2,1H3,(H,16,20). The first kappa shape index (κ1) is 16.6. The van der Waals surface area contributed by atoms with E-state index in [-0.39, 0.29) is 22.8 Å². The Balaban J connectivity index is 2.10. The van der Waals surface area contributed by atoms with E-state index in [0.717, 1.165) is 0 Å². The van der Waals surface area contributed by atoms with E-state index in [1.165, 1.54) is 35.5 Å². The van der Waals surface area contributed by atoms with Gasteiger partial charge in [0.1, 0.15) is 18.3 Å². The number of rotatable bonds is 8. The molecule has 0 spiro atoms. The van der Waals surface area contributed by atoms with E-state index >= 15 is 0 Å². The zero-order valence-corrected chi connectivity index (χ0v) is 12.6. The SMILES string of the molecule is CCOCCCNC(=O)c1ccc(-n2cncn2)c([N+](=O)[O-])c1. The fraction of sp³-hybridized carbons (Fsp3) is 0.357. The second-order valence-corrected chi connectivity index (χ2v) is 4.61. The molecule has 0 fully saturated rings. The van der Waals surface area contributed by atoms with Gasteiger partial charge in [-0.1, -0.05) is 0 Å². The van der Waals surface area contributed by atoms with Gasteiger partial charge in [0, 0.05) is 31.4 Å². The maximum Gasteiger partial charge on any atom is 0.295 e. The normalized spacial score (nSPS) is 10.5. The first-order chi connectivity index (χ1) is 11.1. The minimum absolute atomic E-state index is 0.211. The Hall–Kier alpha value is -2.81. The van der Waals surface area contributed by atoms with Crippen molar-refractivity contribution in [2.75, 3.05) is 19.8 Å². The van der Waals surface area contributed by atoms with Crippen LogP contribution in [-0.4, -0.2) is 45.4 Å². The van der Waals surface area contributed by atoms with Gasteiger partial charge in [0.15, 0.2) is 0 Å². The van der Waals surface area contributed by atoms with Crippen LogP contribution in [0, 0.1) is 10.1 Å². The molecule has 2 rings (SSSR count). The van der Waals surface area contributed by atoms with Gasteiger partial charge in [-0.05, 0) is 25.5 Å². The zero-order valence-electron chi connectivity index (χ0n) is 12.6. The van der Waals surface area contributed by atoms with Crippen molar-refractivity contribution in [1.82, 2.24) is 20.1 Å². The summed E-state index contributed by atoms with van der Waals surface area (Å²) in [6, 6.07) is 4.22. The smallest absolute Gasteiger partial charge is 0.295 e. The number of nitrogens with one attached hydrogen (secondary N) is 1. The minimum atomic E-state index is -0.553. The van der Waals surface area contributed by atoms with Crippen LogP contribution < -0.4 is 5.32 Å². The van der Waals surface area contributed by atoms with Crippen LogP contribution in [0.5, 0.6) is 0 Å². The third-order valence-electron chi connectivity index (χ3n) is 3.06. The summed E-state index contributed by atoms with van der Waals surface area (Å²) < 4.78 is 6.45. The first-order valence-corrected chi connectivity index (χ1v) is 7.13. The van der Waals surface area contributed by atoms with E-state index in [1.54, 1.807) is 0 Å². The molecule has 0 saturated carbocycles. The van der Waals surface area contributed by atoms with Crippen LogP contribution in [0.4, 0.5) is 5.69 Å². The molecule has 122 valence electrons. The van der Waals surface area contributed by atoms with Crippen LogP contribution in [0.1, 0.15) is 23.7 Å². The van der Waals surface area contributed by atoms with E-state index in [2.05, 4.69) is 15.4 Å². The van der Waals surface area contributed by atoms with Crippen LogP contribution in [-0.2, 0) is 4.74 Å². The Kier molecular flexibility index (Phi) is 5.75. The van der Waals surface area contributed by atoms with Gasteiger partial charge in [-0.2, -0.15) is 5.10 Å². The van der Waals surface area contributed by atoms with Crippen molar-refractivity contribution in [2.45, 2.75) is 13.3 Å². The topological polar surface area (TPSA) is 112 Å². The van der Waals surface area contributed by atoms with Crippen LogP contribution in [0.15, 0.2) is 30.9 Å². The Morgan fingerprint density at radius 1 is 1.48 bits per heavy atom. The Labute approximate surface area is 132 Å². The second-order valence-electron chi connectivity index (χ2n) is 4.61. The molecule has 23 heavy (non-hydrogen) atoms. The number of nitrogens with zero attached hydrogens (tertiary/aromatic N) is 4. The van der Waals surface area contributed by atoms with Crippen molar-refractivity contribution >= 4 is 11.6 Å². The predicted octanol–water partition coefficient (Wildman–Crippen LogP) is 1.33. The first-order valence-electron chi connectivity index (χ1n) is 7.13. The van der Waals surface area contributed by atoms with Crippen molar-refractivity contribution in [3.63, 3.8) is 0 Å². The highest BCUT2D eigenvalue weighted by atomic mass is 16.6. The fourth-order valence-corrected chi connectivity index (χ4v) is 1.96. The van der Waals surface area contributed by atoms with Crippen LogP contribution in [0.3, 0.4) is 0 Å². The van der Waals surface area contributed by atoms with E-state index in [4.69, 9.17) is 4.74 Å².